The lowest BCUT2D eigenvalue weighted by atomic mass is 10.00. The van der Waals surface area contributed by atoms with Crippen LogP contribution in [0.5, 0.6) is 5.75 Å². The lowest BCUT2D eigenvalue weighted by Crippen LogP contribution is -2.47. The number of hydrogen-bond acceptors (Lipinski definition) is 6. The topological polar surface area (TPSA) is 78.2 Å². The molecule has 8 nitrogen and oxygen atoms in total. The molecule has 3 heterocycles. The van der Waals surface area contributed by atoms with Crippen molar-refractivity contribution >= 4 is 33.9 Å². The summed E-state index contributed by atoms with van der Waals surface area (Å²) < 4.78 is 91.7. The van der Waals surface area contributed by atoms with E-state index in [1.165, 1.54) is 15.5 Å². The molecule has 0 radical (unpaired) electrons. The zero-order valence-corrected chi connectivity index (χ0v) is 25.3. The molecule has 250 valence electrons. The number of carboxylic acid groups (broad SMARTS) is 1. The Morgan fingerprint density at radius 1 is 0.915 bits per heavy atom. The number of aromatic carboxylic acids is 1. The summed E-state index contributed by atoms with van der Waals surface area (Å²) in [5, 5.41) is 9.24. The first kappa shape index (κ1) is 32.5. The van der Waals surface area contributed by atoms with Crippen molar-refractivity contribution in [2.75, 3.05) is 55.6 Å². The van der Waals surface area contributed by atoms with Crippen LogP contribution < -0.4 is 20.0 Å². The van der Waals surface area contributed by atoms with E-state index in [1.54, 1.807) is 17.1 Å². The van der Waals surface area contributed by atoms with Gasteiger partial charge in [0.25, 0.3) is 0 Å². The molecule has 0 bridgehead atoms. The molecule has 0 spiro atoms. The number of nitrogens with zero attached hydrogens (tertiary/aromatic N) is 4. The van der Waals surface area contributed by atoms with Gasteiger partial charge in [-0.1, -0.05) is 18.1 Å². The van der Waals surface area contributed by atoms with Crippen molar-refractivity contribution in [3.8, 4) is 5.75 Å². The minimum Gasteiger partial charge on any atom is -0.477 e. The van der Waals surface area contributed by atoms with Crippen LogP contribution in [0.15, 0.2) is 53.0 Å². The van der Waals surface area contributed by atoms with Gasteiger partial charge in [-0.25, -0.2) is 18.0 Å². The van der Waals surface area contributed by atoms with Crippen molar-refractivity contribution in [2.45, 2.75) is 38.5 Å². The maximum atomic E-state index is 15.9. The lowest BCUT2D eigenvalue weighted by Gasteiger charge is -2.38. The average molecular weight is 663 g/mol. The summed E-state index contributed by atoms with van der Waals surface area (Å²) in [5.41, 5.74) is -1.50. The fourth-order valence-electron chi connectivity index (χ4n) is 6.63. The standard InChI is InChI=1S/C33H32F6N4O4/c34-21-7-8-27(25(35)16-21)41-11-13-42(14-12-41)29-26(36)17-23-28(31(29)47-33(37,38)39)43(19-24(30(23)44)32(45)46)22-6-4-5-20(15-22)18-40-9-2-1-3-10-40/h6-8,15-17,19H,1-5,9-14,18H2,(H,45,46). The van der Waals surface area contributed by atoms with Crippen LogP contribution >= 0.6 is 0 Å². The average Bonchev–Trinajstić information content (AvgIpc) is 3.02. The molecular formula is C33H32F6N4O4. The molecule has 3 aromatic rings. The van der Waals surface area contributed by atoms with Crippen LogP contribution in [0.2, 0.25) is 0 Å². The zero-order chi connectivity index (χ0) is 33.5. The predicted molar refractivity (Wildman–Crippen MR) is 164 cm³/mol. The summed E-state index contributed by atoms with van der Waals surface area (Å²) in [4.78, 5) is 30.6. The maximum absolute atomic E-state index is 15.9. The number of halogens is 6. The van der Waals surface area contributed by atoms with E-state index in [1.807, 2.05) is 0 Å². The van der Waals surface area contributed by atoms with E-state index in [4.69, 9.17) is 0 Å². The van der Waals surface area contributed by atoms with Crippen LogP contribution in [0.3, 0.4) is 0 Å². The summed E-state index contributed by atoms with van der Waals surface area (Å²) in [5.74, 6) is -5.41. The summed E-state index contributed by atoms with van der Waals surface area (Å²) >= 11 is 0. The first-order valence-electron chi connectivity index (χ1n) is 15.4. The lowest BCUT2D eigenvalue weighted by molar-refractivity contribution is -0.274. The van der Waals surface area contributed by atoms with Crippen LogP contribution in [-0.4, -0.2) is 72.7 Å². The predicted octanol–water partition coefficient (Wildman–Crippen LogP) is 6.39. The SMILES string of the molecule is O=C(O)c1cn(C2=CCCC(CN3CCCCC3)=C2)c2c(OC(F)(F)F)c(N3CCN(c4ccc(F)cc4F)CC3)c(F)cc2c1=O. The van der Waals surface area contributed by atoms with Crippen LogP contribution in [0, 0.1) is 17.5 Å². The molecule has 1 N–H and O–H groups in total. The van der Waals surface area contributed by atoms with E-state index >= 15 is 4.39 Å². The summed E-state index contributed by atoms with van der Waals surface area (Å²) in [6, 6.07) is 3.79. The Hall–Kier alpha value is -4.46. The molecule has 0 amide bonds. The van der Waals surface area contributed by atoms with Crippen molar-refractivity contribution in [1.29, 1.82) is 0 Å². The maximum Gasteiger partial charge on any atom is 0.573 e. The van der Waals surface area contributed by atoms with Gasteiger partial charge in [0.15, 0.2) is 11.6 Å². The number of fused-ring (bicyclic) bond motifs is 1. The molecule has 1 aromatic heterocycles. The number of hydrogen-bond donors (Lipinski definition) is 1. The number of piperidine rings is 1. The highest BCUT2D eigenvalue weighted by Crippen LogP contribution is 2.43. The molecule has 2 aliphatic heterocycles. The highest BCUT2D eigenvalue weighted by atomic mass is 19.4. The number of rotatable bonds is 7. The number of allylic oxidation sites excluding steroid dienone is 3. The van der Waals surface area contributed by atoms with Gasteiger partial charge < -0.3 is 24.2 Å². The smallest absolute Gasteiger partial charge is 0.477 e. The summed E-state index contributed by atoms with van der Waals surface area (Å²) in [6.07, 6.45) is 3.60. The molecule has 6 rings (SSSR count). The summed E-state index contributed by atoms with van der Waals surface area (Å²) in [6.45, 7) is 2.39. The Balaban J connectivity index is 1.47. The number of ether oxygens (including phenoxy) is 1. The Bertz CT molecular complexity index is 1820. The number of likely N-dealkylation sites (tertiary alicyclic amines) is 1. The monoisotopic (exact) mass is 662 g/mol. The molecular weight excluding hydrogens is 630 g/mol. The van der Waals surface area contributed by atoms with Gasteiger partial charge in [0, 0.05) is 50.7 Å². The van der Waals surface area contributed by atoms with E-state index in [0.717, 1.165) is 62.3 Å². The van der Waals surface area contributed by atoms with Gasteiger partial charge in [-0.3, -0.25) is 9.69 Å². The van der Waals surface area contributed by atoms with Gasteiger partial charge >= 0.3 is 12.3 Å². The second kappa shape index (κ2) is 13.0. The van der Waals surface area contributed by atoms with Crippen LogP contribution in [0.1, 0.15) is 42.5 Å². The molecule has 1 aliphatic carbocycles. The number of anilines is 2. The third-order valence-electron chi connectivity index (χ3n) is 8.79. The third-order valence-corrected chi connectivity index (χ3v) is 8.79. The van der Waals surface area contributed by atoms with Crippen molar-refractivity contribution in [3.63, 3.8) is 0 Å². The van der Waals surface area contributed by atoms with E-state index in [9.17, 15) is 36.6 Å². The van der Waals surface area contributed by atoms with E-state index in [-0.39, 0.29) is 31.9 Å². The Morgan fingerprint density at radius 2 is 1.62 bits per heavy atom. The number of pyridine rings is 1. The molecule has 47 heavy (non-hydrogen) atoms. The van der Waals surface area contributed by atoms with Gasteiger partial charge in [-0.15, -0.1) is 13.2 Å². The van der Waals surface area contributed by atoms with E-state index in [0.29, 0.717) is 25.1 Å². The molecule has 2 fully saturated rings. The molecule has 2 aromatic carbocycles. The van der Waals surface area contributed by atoms with Gasteiger partial charge in [0.05, 0.1) is 11.1 Å². The van der Waals surface area contributed by atoms with Gasteiger partial charge in [0.2, 0.25) is 5.43 Å². The van der Waals surface area contributed by atoms with Crippen molar-refractivity contribution in [3.05, 3.63) is 81.4 Å². The fraction of sp³-hybridized carbons (Fsp3) is 0.394. The minimum absolute atomic E-state index is 0.0456. The quantitative estimate of drug-likeness (QED) is 0.294. The molecule has 0 saturated carbocycles. The van der Waals surface area contributed by atoms with Gasteiger partial charge in [-0.05, 0) is 63.0 Å². The fourth-order valence-corrected chi connectivity index (χ4v) is 6.63. The first-order valence-corrected chi connectivity index (χ1v) is 15.4. The second-order valence-corrected chi connectivity index (χ2v) is 11.9. The van der Waals surface area contributed by atoms with Crippen molar-refractivity contribution in [1.82, 2.24) is 9.47 Å². The molecule has 0 unspecified atom stereocenters. The van der Waals surface area contributed by atoms with Crippen LogP contribution in [-0.2, 0) is 0 Å². The Kier molecular flexibility index (Phi) is 8.97. The third kappa shape index (κ3) is 6.83. The molecule has 2 saturated heterocycles. The molecule has 3 aliphatic rings. The number of piperazine rings is 1. The summed E-state index contributed by atoms with van der Waals surface area (Å²) in [7, 11) is 0. The van der Waals surface area contributed by atoms with Crippen LogP contribution in [0.4, 0.5) is 37.7 Å². The normalized spacial score (nSPS) is 17.9. The van der Waals surface area contributed by atoms with Crippen LogP contribution in [0.25, 0.3) is 16.6 Å². The second-order valence-electron chi connectivity index (χ2n) is 11.9. The highest BCUT2D eigenvalue weighted by molar-refractivity contribution is 5.99. The van der Waals surface area contributed by atoms with E-state index in [2.05, 4.69) is 9.64 Å². The Morgan fingerprint density at radius 3 is 2.28 bits per heavy atom. The van der Waals surface area contributed by atoms with E-state index < -0.39 is 63.1 Å². The minimum atomic E-state index is -5.31. The molecule has 0 atom stereocenters. The Labute approximate surface area is 265 Å². The number of carboxylic acids is 1. The highest BCUT2D eigenvalue weighted by Gasteiger charge is 2.37. The van der Waals surface area contributed by atoms with Gasteiger partial charge in [0.1, 0.15) is 28.4 Å². The van der Waals surface area contributed by atoms with Crippen molar-refractivity contribution < 1.29 is 41.0 Å². The largest absolute Gasteiger partial charge is 0.573 e. The molecule has 14 heteroatoms. The number of aromatic nitrogens is 1. The van der Waals surface area contributed by atoms with Gasteiger partial charge in [-0.2, -0.15) is 0 Å². The number of carbonyl (C=O) groups is 1. The van der Waals surface area contributed by atoms with Crippen molar-refractivity contribution in [2.24, 2.45) is 0 Å². The zero-order valence-electron chi connectivity index (χ0n) is 25.3. The first-order chi connectivity index (χ1) is 22.4. The number of alkyl halides is 3. The number of benzene rings is 2.